The van der Waals surface area contributed by atoms with Crippen molar-refractivity contribution in [2.45, 2.75) is 0 Å². The summed E-state index contributed by atoms with van der Waals surface area (Å²) in [5.74, 6) is 0.976. The molecule has 0 aliphatic rings. The van der Waals surface area contributed by atoms with Gasteiger partial charge in [0.2, 0.25) is 5.82 Å². The smallest absolute Gasteiger partial charge is 0.311 e. The van der Waals surface area contributed by atoms with E-state index in [0.717, 1.165) is 0 Å². The van der Waals surface area contributed by atoms with Crippen LogP contribution in [0.1, 0.15) is 0 Å². The second-order valence-corrected chi connectivity index (χ2v) is 4.77. The summed E-state index contributed by atoms with van der Waals surface area (Å²) >= 11 is 5.86. The zero-order valence-corrected chi connectivity index (χ0v) is 12.2. The average Bonchev–Trinajstić information content (AvgIpc) is 2.47. The number of aromatic nitrogens is 1. The highest BCUT2D eigenvalue weighted by Gasteiger charge is 2.17. The van der Waals surface area contributed by atoms with E-state index >= 15 is 0 Å². The van der Waals surface area contributed by atoms with E-state index in [9.17, 15) is 10.1 Å². The largest absolute Gasteiger partial charge is 0.492 e. The fourth-order valence-corrected chi connectivity index (χ4v) is 1.97. The lowest BCUT2D eigenvalue weighted by atomic mass is 10.3. The predicted molar refractivity (Wildman–Crippen MR) is 81.1 cm³/mol. The van der Waals surface area contributed by atoms with Gasteiger partial charge in [-0.2, -0.15) is 0 Å². The van der Waals surface area contributed by atoms with Gasteiger partial charge in [-0.15, -0.1) is 0 Å². The Balaban J connectivity index is 1.96. The van der Waals surface area contributed by atoms with Gasteiger partial charge in [0.15, 0.2) is 0 Å². The summed E-state index contributed by atoms with van der Waals surface area (Å²) in [6.07, 6.45) is 1.52. The van der Waals surface area contributed by atoms with Gasteiger partial charge in [0.1, 0.15) is 12.4 Å². The predicted octanol–water partition coefficient (Wildman–Crippen LogP) is 3.16. The first-order chi connectivity index (χ1) is 10.1. The standard InChI is InChI=1S/C14H14ClN3O3/c1-17(14-13(18(19)20)6-3-7-16-14)8-9-21-12-5-2-4-11(15)10-12/h2-7,10H,8-9H2,1H3. The minimum atomic E-state index is -0.448. The Morgan fingerprint density at radius 1 is 1.38 bits per heavy atom. The molecule has 1 heterocycles. The molecule has 21 heavy (non-hydrogen) atoms. The lowest BCUT2D eigenvalue weighted by Crippen LogP contribution is -2.25. The highest BCUT2D eigenvalue weighted by molar-refractivity contribution is 6.30. The Hall–Kier alpha value is -2.34. The van der Waals surface area contributed by atoms with Gasteiger partial charge in [0, 0.05) is 24.3 Å². The van der Waals surface area contributed by atoms with Gasteiger partial charge >= 0.3 is 5.69 Å². The summed E-state index contributed by atoms with van der Waals surface area (Å²) < 4.78 is 5.56. The van der Waals surface area contributed by atoms with Crippen LogP contribution >= 0.6 is 11.6 Å². The minimum absolute atomic E-state index is 0.0252. The zero-order valence-electron chi connectivity index (χ0n) is 11.4. The van der Waals surface area contributed by atoms with E-state index in [1.165, 1.54) is 18.3 Å². The molecule has 0 amide bonds. The van der Waals surface area contributed by atoms with Gasteiger partial charge in [0.25, 0.3) is 0 Å². The fraction of sp³-hybridized carbons (Fsp3) is 0.214. The maximum Gasteiger partial charge on any atom is 0.311 e. The second-order valence-electron chi connectivity index (χ2n) is 4.33. The van der Waals surface area contributed by atoms with Crippen LogP contribution in [0.25, 0.3) is 0 Å². The van der Waals surface area contributed by atoms with Crippen LogP contribution in [0.3, 0.4) is 0 Å². The van der Waals surface area contributed by atoms with Crippen molar-refractivity contribution in [3.05, 3.63) is 57.7 Å². The molecule has 2 rings (SSSR count). The third-order valence-corrected chi connectivity index (χ3v) is 3.05. The molecular formula is C14H14ClN3O3. The maximum atomic E-state index is 11.0. The van der Waals surface area contributed by atoms with Crippen molar-refractivity contribution in [2.75, 3.05) is 25.1 Å². The van der Waals surface area contributed by atoms with Crippen molar-refractivity contribution in [2.24, 2.45) is 0 Å². The van der Waals surface area contributed by atoms with Crippen molar-refractivity contribution in [1.29, 1.82) is 0 Å². The number of hydrogen-bond acceptors (Lipinski definition) is 5. The number of hydrogen-bond donors (Lipinski definition) is 0. The number of pyridine rings is 1. The van der Waals surface area contributed by atoms with E-state index in [4.69, 9.17) is 16.3 Å². The summed E-state index contributed by atoms with van der Waals surface area (Å²) in [4.78, 5) is 16.2. The van der Waals surface area contributed by atoms with Gasteiger partial charge in [-0.1, -0.05) is 17.7 Å². The summed E-state index contributed by atoms with van der Waals surface area (Å²) in [7, 11) is 1.73. The molecule has 0 aliphatic carbocycles. The minimum Gasteiger partial charge on any atom is -0.492 e. The molecule has 1 aromatic heterocycles. The molecule has 0 radical (unpaired) electrons. The van der Waals surface area contributed by atoms with Gasteiger partial charge in [-0.3, -0.25) is 10.1 Å². The molecule has 6 nitrogen and oxygen atoms in total. The van der Waals surface area contributed by atoms with Crippen LogP contribution in [0.2, 0.25) is 5.02 Å². The topological polar surface area (TPSA) is 68.5 Å². The van der Waals surface area contributed by atoms with Crippen molar-refractivity contribution < 1.29 is 9.66 Å². The van der Waals surface area contributed by atoms with E-state index in [0.29, 0.717) is 29.7 Å². The van der Waals surface area contributed by atoms with E-state index in [1.54, 1.807) is 36.2 Å². The molecule has 0 unspecified atom stereocenters. The summed E-state index contributed by atoms with van der Waals surface area (Å²) in [5, 5.41) is 11.6. The number of nitrogens with zero attached hydrogens (tertiary/aromatic N) is 3. The molecule has 0 fully saturated rings. The molecular weight excluding hydrogens is 294 g/mol. The molecule has 0 saturated heterocycles. The van der Waals surface area contributed by atoms with Crippen molar-refractivity contribution in [3.8, 4) is 5.75 Å². The molecule has 1 aromatic carbocycles. The Bertz CT molecular complexity index is 636. The Kier molecular flexibility index (Phi) is 4.94. The zero-order chi connectivity index (χ0) is 15.2. The van der Waals surface area contributed by atoms with Gasteiger partial charge in [0.05, 0.1) is 11.5 Å². The van der Waals surface area contributed by atoms with Gasteiger partial charge < -0.3 is 9.64 Å². The third kappa shape index (κ3) is 4.06. The molecule has 0 N–H and O–H groups in total. The van der Waals surface area contributed by atoms with Crippen LogP contribution in [-0.2, 0) is 0 Å². The van der Waals surface area contributed by atoms with Crippen molar-refractivity contribution in [3.63, 3.8) is 0 Å². The molecule has 0 bridgehead atoms. The fourth-order valence-electron chi connectivity index (χ4n) is 1.79. The number of likely N-dealkylation sites (N-methyl/N-ethyl adjacent to an activating group) is 1. The molecule has 2 aromatic rings. The van der Waals surface area contributed by atoms with Crippen molar-refractivity contribution >= 4 is 23.1 Å². The van der Waals surface area contributed by atoms with E-state index in [1.807, 2.05) is 0 Å². The van der Waals surface area contributed by atoms with Crippen LogP contribution in [0.5, 0.6) is 5.75 Å². The first-order valence-electron chi connectivity index (χ1n) is 6.27. The number of nitro groups is 1. The highest BCUT2D eigenvalue weighted by Crippen LogP contribution is 2.23. The molecule has 7 heteroatoms. The lowest BCUT2D eigenvalue weighted by molar-refractivity contribution is -0.384. The number of benzene rings is 1. The Morgan fingerprint density at radius 3 is 2.90 bits per heavy atom. The van der Waals surface area contributed by atoms with Crippen LogP contribution in [-0.4, -0.2) is 30.1 Å². The normalized spacial score (nSPS) is 10.2. The first kappa shape index (κ1) is 15.1. The summed E-state index contributed by atoms with van der Waals surface area (Å²) in [6, 6.07) is 10.0. The molecule has 0 atom stereocenters. The molecule has 0 saturated carbocycles. The number of rotatable bonds is 6. The van der Waals surface area contributed by atoms with Crippen molar-refractivity contribution in [1.82, 2.24) is 4.98 Å². The number of anilines is 1. The average molecular weight is 308 g/mol. The number of halogens is 1. The van der Waals surface area contributed by atoms with Gasteiger partial charge in [-0.25, -0.2) is 4.98 Å². The molecule has 110 valence electrons. The van der Waals surface area contributed by atoms with Gasteiger partial charge in [-0.05, 0) is 24.3 Å². The first-order valence-corrected chi connectivity index (χ1v) is 6.64. The van der Waals surface area contributed by atoms with E-state index < -0.39 is 4.92 Å². The molecule has 0 aliphatic heterocycles. The summed E-state index contributed by atoms with van der Waals surface area (Å²) in [6.45, 7) is 0.828. The Labute approximate surface area is 127 Å². The monoisotopic (exact) mass is 307 g/mol. The third-order valence-electron chi connectivity index (χ3n) is 2.82. The van der Waals surface area contributed by atoms with Crippen LogP contribution in [0, 0.1) is 10.1 Å². The number of ether oxygens (including phenoxy) is 1. The van der Waals surface area contributed by atoms with E-state index in [-0.39, 0.29) is 5.69 Å². The quantitative estimate of drug-likeness (QED) is 0.605. The lowest BCUT2D eigenvalue weighted by Gasteiger charge is -2.18. The van der Waals surface area contributed by atoms with Crippen LogP contribution in [0.4, 0.5) is 11.5 Å². The second kappa shape index (κ2) is 6.90. The Morgan fingerprint density at radius 2 is 2.19 bits per heavy atom. The SMILES string of the molecule is CN(CCOc1cccc(Cl)c1)c1ncccc1[N+](=O)[O-]. The van der Waals surface area contributed by atoms with Crippen LogP contribution in [0.15, 0.2) is 42.6 Å². The molecule has 0 spiro atoms. The maximum absolute atomic E-state index is 11.0. The van der Waals surface area contributed by atoms with Crippen LogP contribution < -0.4 is 9.64 Å². The summed E-state index contributed by atoms with van der Waals surface area (Å²) in [5.41, 5.74) is -0.0252. The highest BCUT2D eigenvalue weighted by atomic mass is 35.5. The van der Waals surface area contributed by atoms with E-state index in [2.05, 4.69) is 4.98 Å².